The van der Waals surface area contributed by atoms with Crippen molar-refractivity contribution in [3.8, 4) is 0 Å². The number of hydrogen-bond donors (Lipinski definition) is 1. The minimum Gasteiger partial charge on any atom is -0.359 e. The summed E-state index contributed by atoms with van der Waals surface area (Å²) in [6.45, 7) is 6.66. The number of nitrogens with zero attached hydrogens (tertiary/aromatic N) is 1. The average molecular weight is 226 g/mol. The van der Waals surface area contributed by atoms with E-state index in [1.807, 2.05) is 11.8 Å². The lowest BCUT2D eigenvalue weighted by molar-refractivity contribution is 0.250. The molecule has 1 aliphatic heterocycles. The van der Waals surface area contributed by atoms with Gasteiger partial charge in [0, 0.05) is 17.3 Å². The van der Waals surface area contributed by atoms with Crippen molar-refractivity contribution in [3.63, 3.8) is 0 Å². The van der Waals surface area contributed by atoms with Crippen molar-refractivity contribution in [3.05, 3.63) is 0 Å². The van der Waals surface area contributed by atoms with Crippen molar-refractivity contribution >= 4 is 16.9 Å². The van der Waals surface area contributed by atoms with Crippen LogP contribution < -0.4 is 5.32 Å². The third kappa shape index (κ3) is 2.68. The fourth-order valence-corrected chi connectivity index (χ4v) is 3.74. The van der Waals surface area contributed by atoms with E-state index in [9.17, 15) is 0 Å². The van der Waals surface area contributed by atoms with Crippen LogP contribution in [-0.2, 0) is 0 Å². The van der Waals surface area contributed by atoms with E-state index in [0.717, 1.165) is 5.92 Å². The molecule has 1 saturated heterocycles. The van der Waals surface area contributed by atoms with Crippen LogP contribution in [0.15, 0.2) is 4.99 Å². The lowest BCUT2D eigenvalue weighted by atomic mass is 9.78. The molecule has 1 spiro atoms. The van der Waals surface area contributed by atoms with Gasteiger partial charge in [-0.2, -0.15) is 0 Å². The summed E-state index contributed by atoms with van der Waals surface area (Å²) in [4.78, 5) is 4.61. The maximum atomic E-state index is 4.61. The Morgan fingerprint density at radius 2 is 2.07 bits per heavy atom. The molecule has 0 radical (unpaired) electrons. The second kappa shape index (κ2) is 4.36. The maximum absolute atomic E-state index is 4.61. The van der Waals surface area contributed by atoms with Gasteiger partial charge >= 0.3 is 0 Å². The molecule has 0 aromatic rings. The highest BCUT2D eigenvalue weighted by molar-refractivity contribution is 8.14. The van der Waals surface area contributed by atoms with E-state index in [0.29, 0.717) is 11.6 Å². The molecule has 2 fully saturated rings. The highest BCUT2D eigenvalue weighted by Crippen LogP contribution is 2.38. The van der Waals surface area contributed by atoms with Crippen LogP contribution in [-0.4, -0.2) is 22.5 Å². The zero-order valence-electron chi connectivity index (χ0n) is 10.0. The molecule has 1 aliphatic carbocycles. The van der Waals surface area contributed by atoms with E-state index in [1.165, 1.54) is 36.6 Å². The van der Waals surface area contributed by atoms with Gasteiger partial charge in [0.2, 0.25) is 0 Å². The first-order valence-electron chi connectivity index (χ1n) is 6.08. The summed E-state index contributed by atoms with van der Waals surface area (Å²) in [5.74, 6) is 2.15. The smallest absolute Gasteiger partial charge is 0.157 e. The van der Waals surface area contributed by atoms with E-state index in [2.05, 4.69) is 31.1 Å². The van der Waals surface area contributed by atoms with Crippen molar-refractivity contribution < 1.29 is 0 Å². The normalized spacial score (nSPS) is 38.9. The fraction of sp³-hybridized carbons (Fsp3) is 0.917. The van der Waals surface area contributed by atoms with E-state index in [1.54, 1.807) is 0 Å². The quantitative estimate of drug-likeness (QED) is 0.743. The first-order chi connectivity index (χ1) is 7.10. The molecule has 2 aliphatic rings. The van der Waals surface area contributed by atoms with Gasteiger partial charge in [0.25, 0.3) is 0 Å². The van der Waals surface area contributed by atoms with Gasteiger partial charge in [0.05, 0.1) is 0 Å². The summed E-state index contributed by atoms with van der Waals surface area (Å²) >= 11 is 1.92. The molecular weight excluding hydrogens is 204 g/mol. The molecule has 2 nitrogen and oxygen atoms in total. The van der Waals surface area contributed by atoms with Crippen LogP contribution in [0.5, 0.6) is 0 Å². The highest BCUT2D eigenvalue weighted by Gasteiger charge is 2.39. The van der Waals surface area contributed by atoms with Crippen LogP contribution in [0, 0.1) is 5.92 Å². The molecule has 1 heterocycles. The molecule has 15 heavy (non-hydrogen) atoms. The van der Waals surface area contributed by atoms with Crippen LogP contribution in [0.25, 0.3) is 0 Å². The monoisotopic (exact) mass is 226 g/mol. The summed E-state index contributed by atoms with van der Waals surface area (Å²) < 4.78 is 0. The van der Waals surface area contributed by atoms with E-state index < -0.39 is 0 Å². The number of rotatable bonds is 1. The lowest BCUT2D eigenvalue weighted by Crippen LogP contribution is -2.46. The lowest BCUT2D eigenvalue weighted by Gasteiger charge is -2.35. The van der Waals surface area contributed by atoms with E-state index in [4.69, 9.17) is 0 Å². The Balaban J connectivity index is 1.96. The minimum atomic E-state index is 0.394. The zero-order valence-corrected chi connectivity index (χ0v) is 10.9. The molecule has 0 aromatic carbocycles. The van der Waals surface area contributed by atoms with Crippen LogP contribution in [0.4, 0.5) is 0 Å². The molecule has 2 rings (SSSR count). The highest BCUT2D eigenvalue weighted by atomic mass is 32.2. The van der Waals surface area contributed by atoms with Gasteiger partial charge in [0.15, 0.2) is 5.17 Å². The van der Waals surface area contributed by atoms with Gasteiger partial charge in [-0.25, -0.2) is 0 Å². The molecule has 0 unspecified atom stereocenters. The van der Waals surface area contributed by atoms with Crippen LogP contribution in [0.1, 0.15) is 46.5 Å². The number of nitrogens with one attached hydrogen (secondary N) is 1. The molecule has 0 atom stereocenters. The predicted octanol–water partition coefficient (Wildman–Crippen LogP) is 3.04. The maximum Gasteiger partial charge on any atom is 0.157 e. The van der Waals surface area contributed by atoms with Gasteiger partial charge in [-0.1, -0.05) is 18.7 Å². The van der Waals surface area contributed by atoms with Crippen LogP contribution in [0.3, 0.4) is 0 Å². The third-order valence-electron chi connectivity index (χ3n) is 3.46. The zero-order chi connectivity index (χ0) is 10.9. The Hall–Kier alpha value is -0.180. The molecule has 0 aromatic heterocycles. The average Bonchev–Trinajstić information content (AvgIpc) is 2.54. The van der Waals surface area contributed by atoms with Crippen molar-refractivity contribution in [2.75, 3.05) is 5.75 Å². The number of aliphatic imine (C=N–C) groups is 1. The third-order valence-corrected chi connectivity index (χ3v) is 4.64. The summed E-state index contributed by atoms with van der Waals surface area (Å²) in [6, 6.07) is 0.415. The largest absolute Gasteiger partial charge is 0.359 e. The van der Waals surface area contributed by atoms with Crippen molar-refractivity contribution in [2.45, 2.75) is 58.0 Å². The Labute approximate surface area is 97.3 Å². The molecule has 1 saturated carbocycles. The number of hydrogen-bond acceptors (Lipinski definition) is 2. The fourth-order valence-electron chi connectivity index (χ4n) is 2.39. The molecule has 1 N–H and O–H groups in total. The second-order valence-corrected chi connectivity index (χ2v) is 6.37. The second-order valence-electron chi connectivity index (χ2n) is 5.40. The van der Waals surface area contributed by atoms with E-state index >= 15 is 0 Å². The Morgan fingerprint density at radius 1 is 1.40 bits per heavy atom. The van der Waals surface area contributed by atoms with Gasteiger partial charge in [-0.3, -0.25) is 4.99 Å². The van der Waals surface area contributed by atoms with Crippen molar-refractivity contribution in [1.29, 1.82) is 0 Å². The van der Waals surface area contributed by atoms with Gasteiger partial charge < -0.3 is 5.32 Å². The standard InChI is InChI=1S/C12H22N2S/c1-9(2)13-11-14-12(8-15-11)6-4-10(3)5-7-12/h9-10H,4-8H2,1-3H3,(H,13,14). The molecule has 3 heteroatoms. The van der Waals surface area contributed by atoms with Gasteiger partial charge in [0.1, 0.15) is 0 Å². The number of thioether (sulfide) groups is 1. The molecule has 0 amide bonds. The Morgan fingerprint density at radius 3 is 2.67 bits per heavy atom. The Bertz CT molecular complexity index is 252. The first kappa shape index (κ1) is 11.3. The van der Waals surface area contributed by atoms with Crippen molar-refractivity contribution in [2.24, 2.45) is 10.9 Å². The summed E-state index contributed by atoms with van der Waals surface area (Å²) in [5, 5.41) is 4.85. The molecule has 0 bridgehead atoms. The predicted molar refractivity (Wildman–Crippen MR) is 68.5 cm³/mol. The summed E-state index contributed by atoms with van der Waals surface area (Å²) in [7, 11) is 0. The van der Waals surface area contributed by atoms with Gasteiger partial charge in [-0.05, 0) is 45.4 Å². The Kier molecular flexibility index (Phi) is 3.29. The van der Waals surface area contributed by atoms with E-state index in [-0.39, 0.29) is 0 Å². The number of amidine groups is 1. The molecular formula is C12H22N2S. The molecule has 86 valence electrons. The van der Waals surface area contributed by atoms with Crippen molar-refractivity contribution in [1.82, 2.24) is 5.32 Å². The summed E-state index contributed by atoms with van der Waals surface area (Å²) in [5.41, 5.74) is 0.394. The SMILES string of the molecule is CC1CCC2(CC1)CSC(=NC(C)C)N2. The topological polar surface area (TPSA) is 24.4 Å². The minimum absolute atomic E-state index is 0.394. The van der Waals surface area contributed by atoms with Gasteiger partial charge in [-0.15, -0.1) is 0 Å². The summed E-state index contributed by atoms with van der Waals surface area (Å²) in [6.07, 6.45) is 5.42. The first-order valence-corrected chi connectivity index (χ1v) is 7.07. The van der Waals surface area contributed by atoms with Crippen LogP contribution >= 0.6 is 11.8 Å². The van der Waals surface area contributed by atoms with Crippen LogP contribution in [0.2, 0.25) is 0 Å².